The molecule has 1 saturated heterocycles. The van der Waals surface area contributed by atoms with E-state index in [1.54, 1.807) is 6.92 Å². The number of hydrogen-bond acceptors (Lipinski definition) is 3. The molecule has 3 rings (SSSR count). The van der Waals surface area contributed by atoms with E-state index in [0.717, 1.165) is 38.5 Å². The first kappa shape index (κ1) is 17.9. The maximum Gasteiger partial charge on any atom is 0.248 e. The van der Waals surface area contributed by atoms with E-state index in [1.807, 2.05) is 23.1 Å². The van der Waals surface area contributed by atoms with E-state index >= 15 is 0 Å². The number of amides is 2. The molecule has 2 N–H and O–H groups in total. The fraction of sp³-hybridized carbons (Fsp3) is 0.600. The normalized spacial score (nSPS) is 22.5. The van der Waals surface area contributed by atoms with Gasteiger partial charge in [-0.15, -0.1) is 0 Å². The summed E-state index contributed by atoms with van der Waals surface area (Å²) in [5, 5.41) is 12.8. The van der Waals surface area contributed by atoms with E-state index < -0.39 is 12.1 Å². The van der Waals surface area contributed by atoms with Crippen LogP contribution in [0.3, 0.4) is 0 Å². The number of likely N-dealkylation sites (tertiary alicyclic amines) is 1. The number of hydrogen-bond donors (Lipinski definition) is 2. The van der Waals surface area contributed by atoms with Crippen molar-refractivity contribution in [1.29, 1.82) is 0 Å². The predicted molar refractivity (Wildman–Crippen MR) is 95.8 cm³/mol. The first-order valence-corrected chi connectivity index (χ1v) is 9.39. The molecule has 136 valence electrons. The molecule has 25 heavy (non-hydrogen) atoms. The van der Waals surface area contributed by atoms with Crippen LogP contribution in [0.2, 0.25) is 0 Å². The lowest BCUT2D eigenvalue weighted by molar-refractivity contribution is -0.140. The predicted octanol–water partition coefficient (Wildman–Crippen LogP) is 1.89. The van der Waals surface area contributed by atoms with Crippen LogP contribution in [-0.4, -0.2) is 46.6 Å². The highest BCUT2D eigenvalue weighted by Gasteiger charge is 2.38. The van der Waals surface area contributed by atoms with Crippen molar-refractivity contribution in [3.63, 3.8) is 0 Å². The zero-order valence-electron chi connectivity index (χ0n) is 14.9. The van der Waals surface area contributed by atoms with Crippen LogP contribution in [-0.2, 0) is 16.0 Å². The molecule has 5 nitrogen and oxygen atoms in total. The van der Waals surface area contributed by atoms with Crippen molar-refractivity contribution in [3.8, 4) is 0 Å². The average molecular weight is 344 g/mol. The maximum absolute atomic E-state index is 12.9. The Kier molecular flexibility index (Phi) is 5.74. The molecule has 1 saturated carbocycles. The summed E-state index contributed by atoms with van der Waals surface area (Å²) in [6.45, 7) is 2.28. The lowest BCUT2D eigenvalue weighted by Crippen LogP contribution is -2.55. The van der Waals surface area contributed by atoms with Crippen LogP contribution in [0.5, 0.6) is 0 Å². The first-order chi connectivity index (χ1) is 12.1. The van der Waals surface area contributed by atoms with E-state index in [-0.39, 0.29) is 23.8 Å². The highest BCUT2D eigenvalue weighted by molar-refractivity contribution is 5.90. The van der Waals surface area contributed by atoms with Gasteiger partial charge in [-0.3, -0.25) is 9.59 Å². The number of nitrogens with zero attached hydrogens (tertiary/aromatic N) is 1. The lowest BCUT2D eigenvalue weighted by Gasteiger charge is -2.30. The molecule has 2 fully saturated rings. The fourth-order valence-electron chi connectivity index (χ4n) is 3.59. The summed E-state index contributed by atoms with van der Waals surface area (Å²) in [7, 11) is 0. The van der Waals surface area contributed by atoms with Crippen LogP contribution in [0.1, 0.15) is 44.6 Å². The van der Waals surface area contributed by atoms with E-state index in [9.17, 15) is 14.7 Å². The number of aliphatic hydroxyl groups excluding tert-OH is 1. The lowest BCUT2D eigenvalue weighted by atomic mass is 10.0. The summed E-state index contributed by atoms with van der Waals surface area (Å²) in [4.78, 5) is 26.8. The van der Waals surface area contributed by atoms with Gasteiger partial charge in [-0.1, -0.05) is 30.3 Å². The van der Waals surface area contributed by atoms with Gasteiger partial charge < -0.3 is 15.3 Å². The second kappa shape index (κ2) is 8.00. The zero-order valence-corrected chi connectivity index (χ0v) is 14.9. The molecule has 0 spiro atoms. The molecule has 5 heteroatoms. The minimum Gasteiger partial charge on any atom is -0.391 e. The summed E-state index contributed by atoms with van der Waals surface area (Å²) < 4.78 is 0. The third-order valence-electron chi connectivity index (χ3n) is 5.26. The highest BCUT2D eigenvalue weighted by atomic mass is 16.3. The Labute approximate surface area is 149 Å². The third-order valence-corrected chi connectivity index (χ3v) is 5.26. The number of benzene rings is 1. The average Bonchev–Trinajstić information content (AvgIpc) is 3.36. The van der Waals surface area contributed by atoms with Gasteiger partial charge in [0.25, 0.3) is 0 Å². The molecule has 2 aliphatic rings. The van der Waals surface area contributed by atoms with Crippen molar-refractivity contribution < 1.29 is 14.7 Å². The molecule has 1 heterocycles. The SMILES string of the molecule is CC(O)C(NC(=O)C1CC1)C(=O)N1CCCC1CCc1ccccc1. The molecule has 1 aliphatic carbocycles. The van der Waals surface area contributed by atoms with Crippen LogP contribution in [0.4, 0.5) is 0 Å². The molecule has 1 aromatic carbocycles. The van der Waals surface area contributed by atoms with Gasteiger partial charge in [0.1, 0.15) is 6.04 Å². The summed E-state index contributed by atoms with van der Waals surface area (Å²) in [6, 6.07) is 9.64. The number of carbonyl (C=O) groups excluding carboxylic acids is 2. The van der Waals surface area contributed by atoms with Gasteiger partial charge in [-0.25, -0.2) is 0 Å². The molecular formula is C20H28N2O3. The number of carbonyl (C=O) groups is 2. The van der Waals surface area contributed by atoms with E-state index in [2.05, 4.69) is 17.4 Å². The van der Waals surface area contributed by atoms with Gasteiger partial charge >= 0.3 is 0 Å². The molecule has 2 amide bonds. The van der Waals surface area contributed by atoms with Gasteiger partial charge in [-0.2, -0.15) is 0 Å². The Morgan fingerprint density at radius 1 is 1.24 bits per heavy atom. The van der Waals surface area contributed by atoms with Crippen molar-refractivity contribution in [2.24, 2.45) is 5.92 Å². The summed E-state index contributed by atoms with van der Waals surface area (Å²) >= 11 is 0. The number of aliphatic hydroxyl groups is 1. The van der Waals surface area contributed by atoms with Crippen LogP contribution in [0, 0.1) is 5.92 Å². The molecule has 3 unspecified atom stereocenters. The van der Waals surface area contributed by atoms with Crippen molar-refractivity contribution in [2.45, 2.75) is 63.6 Å². The van der Waals surface area contributed by atoms with Gasteiger partial charge in [0.15, 0.2) is 0 Å². The Balaban J connectivity index is 1.60. The minimum absolute atomic E-state index is 0.0292. The second-order valence-corrected chi connectivity index (χ2v) is 7.35. The molecular weight excluding hydrogens is 316 g/mol. The van der Waals surface area contributed by atoms with Gasteiger partial charge in [0.05, 0.1) is 6.10 Å². The van der Waals surface area contributed by atoms with E-state index in [0.29, 0.717) is 6.54 Å². The number of aryl methyl sites for hydroxylation is 1. The Morgan fingerprint density at radius 3 is 2.60 bits per heavy atom. The summed E-state index contributed by atoms with van der Waals surface area (Å²) in [5.74, 6) is -0.208. The second-order valence-electron chi connectivity index (χ2n) is 7.35. The topological polar surface area (TPSA) is 69.6 Å². The van der Waals surface area contributed by atoms with Crippen molar-refractivity contribution >= 4 is 11.8 Å². The summed E-state index contributed by atoms with van der Waals surface area (Å²) in [6.07, 6.45) is 4.70. The Morgan fingerprint density at radius 2 is 1.96 bits per heavy atom. The van der Waals surface area contributed by atoms with E-state index in [1.165, 1.54) is 5.56 Å². The Hall–Kier alpha value is -1.88. The van der Waals surface area contributed by atoms with Crippen LogP contribution >= 0.6 is 0 Å². The standard InChI is InChI=1S/C20H28N2O3/c1-14(23)18(21-19(24)16-10-11-16)20(25)22-13-5-8-17(22)12-9-15-6-3-2-4-7-15/h2-4,6-7,14,16-18,23H,5,8-13H2,1H3,(H,21,24). The maximum atomic E-state index is 12.9. The molecule has 1 aromatic rings. The van der Waals surface area contributed by atoms with Gasteiger partial charge in [0, 0.05) is 18.5 Å². The van der Waals surface area contributed by atoms with E-state index in [4.69, 9.17) is 0 Å². The highest BCUT2D eigenvalue weighted by Crippen LogP contribution is 2.29. The quantitative estimate of drug-likeness (QED) is 0.793. The van der Waals surface area contributed by atoms with Gasteiger partial charge in [0.2, 0.25) is 11.8 Å². The van der Waals surface area contributed by atoms with Gasteiger partial charge in [-0.05, 0) is 51.0 Å². The van der Waals surface area contributed by atoms with Crippen LogP contribution in [0.15, 0.2) is 30.3 Å². The van der Waals surface area contributed by atoms with Crippen molar-refractivity contribution in [1.82, 2.24) is 10.2 Å². The molecule has 0 aromatic heterocycles. The minimum atomic E-state index is -0.884. The molecule has 0 bridgehead atoms. The molecule has 1 aliphatic heterocycles. The number of rotatable bonds is 7. The van der Waals surface area contributed by atoms with Crippen molar-refractivity contribution in [2.75, 3.05) is 6.54 Å². The zero-order chi connectivity index (χ0) is 17.8. The molecule has 3 atom stereocenters. The Bertz CT molecular complexity index is 598. The molecule has 0 radical (unpaired) electrons. The van der Waals surface area contributed by atoms with Crippen LogP contribution < -0.4 is 5.32 Å². The number of nitrogens with one attached hydrogen (secondary N) is 1. The monoisotopic (exact) mass is 344 g/mol. The van der Waals surface area contributed by atoms with Crippen LogP contribution in [0.25, 0.3) is 0 Å². The third kappa shape index (κ3) is 4.60. The summed E-state index contributed by atoms with van der Waals surface area (Å²) in [5.41, 5.74) is 1.27. The largest absolute Gasteiger partial charge is 0.391 e. The fourth-order valence-corrected chi connectivity index (χ4v) is 3.59. The first-order valence-electron chi connectivity index (χ1n) is 9.39. The smallest absolute Gasteiger partial charge is 0.248 e. The van der Waals surface area contributed by atoms with Crippen molar-refractivity contribution in [3.05, 3.63) is 35.9 Å².